The van der Waals surface area contributed by atoms with Gasteiger partial charge in [-0.3, -0.25) is 9.59 Å². The van der Waals surface area contributed by atoms with E-state index >= 15 is 0 Å². The lowest BCUT2D eigenvalue weighted by Gasteiger charge is -2.58. The van der Waals surface area contributed by atoms with E-state index in [1.54, 1.807) is 6.08 Å². The minimum absolute atomic E-state index is 0.164. The van der Waals surface area contributed by atoms with E-state index in [-0.39, 0.29) is 16.7 Å². The summed E-state index contributed by atoms with van der Waals surface area (Å²) in [5, 5.41) is 0. The summed E-state index contributed by atoms with van der Waals surface area (Å²) in [4.78, 5) is 26.8. The van der Waals surface area contributed by atoms with Gasteiger partial charge in [-0.15, -0.1) is 0 Å². The van der Waals surface area contributed by atoms with Gasteiger partial charge in [-0.2, -0.15) is 0 Å². The Bertz CT molecular complexity index is 705. The van der Waals surface area contributed by atoms with Crippen LogP contribution < -0.4 is 0 Å². The predicted molar refractivity (Wildman–Crippen MR) is 108 cm³/mol. The smallest absolute Gasteiger partial charge is 0.160 e. The number of hydrogen-bond acceptors (Lipinski definition) is 3. The van der Waals surface area contributed by atoms with E-state index in [1.807, 2.05) is 31.3 Å². The average molecular weight is 370 g/mol. The van der Waals surface area contributed by atoms with Crippen molar-refractivity contribution in [3.63, 3.8) is 0 Å². The lowest BCUT2D eigenvalue weighted by molar-refractivity contribution is -0.126. The molecule has 0 N–H and O–H groups in total. The van der Waals surface area contributed by atoms with Crippen LogP contribution >= 0.6 is 0 Å². The normalized spacial score (nSPS) is 43.7. The monoisotopic (exact) mass is 369 g/mol. The highest BCUT2D eigenvalue weighted by Gasteiger charge is 2.59. The van der Waals surface area contributed by atoms with Crippen LogP contribution in [0.5, 0.6) is 0 Å². The first-order valence-electron chi connectivity index (χ1n) is 10.9. The molecule has 0 amide bonds. The molecular weight excluding hydrogens is 334 g/mol. The molecule has 0 unspecified atom stereocenters. The Morgan fingerprint density at radius 1 is 1.07 bits per heavy atom. The van der Waals surface area contributed by atoms with Gasteiger partial charge < -0.3 is 4.90 Å². The second-order valence-corrected chi connectivity index (χ2v) is 10.3. The minimum Gasteiger partial charge on any atom is -0.383 e. The lowest BCUT2D eigenvalue weighted by Crippen LogP contribution is -2.51. The van der Waals surface area contributed by atoms with Gasteiger partial charge in [0.05, 0.1) is 0 Å². The molecular formula is C24H35NO2. The van der Waals surface area contributed by atoms with Crippen molar-refractivity contribution in [1.82, 2.24) is 4.90 Å². The zero-order valence-corrected chi connectivity index (χ0v) is 17.5. The van der Waals surface area contributed by atoms with Gasteiger partial charge in [-0.25, -0.2) is 0 Å². The van der Waals surface area contributed by atoms with Crippen LogP contribution in [-0.4, -0.2) is 30.6 Å². The second kappa shape index (κ2) is 6.60. The quantitative estimate of drug-likeness (QED) is 0.672. The topological polar surface area (TPSA) is 37.4 Å². The molecule has 3 heteroatoms. The van der Waals surface area contributed by atoms with Gasteiger partial charge in [0.25, 0.3) is 0 Å². The molecule has 0 aliphatic heterocycles. The molecule has 0 aromatic heterocycles. The molecule has 0 heterocycles. The Balaban J connectivity index is 1.58. The van der Waals surface area contributed by atoms with E-state index in [2.05, 4.69) is 13.8 Å². The maximum atomic E-state index is 12.9. The summed E-state index contributed by atoms with van der Waals surface area (Å²) in [5.74, 6) is 2.97. The molecule has 0 aromatic carbocycles. The molecule has 0 radical (unpaired) electrons. The van der Waals surface area contributed by atoms with Crippen LogP contribution in [0.2, 0.25) is 0 Å². The maximum Gasteiger partial charge on any atom is 0.160 e. The SMILES string of the molecule is CN(C)/C=C/C(=O)[C@H]1CC[C@H]2[C@@H]3CCC4=CC(=O)CC[C@]4(C)[C@H]3CC[C@]12C. The third kappa shape index (κ3) is 2.93. The summed E-state index contributed by atoms with van der Waals surface area (Å²) in [5.41, 5.74) is 1.82. The number of hydrogen-bond donors (Lipinski definition) is 0. The molecule has 148 valence electrons. The number of nitrogens with zero attached hydrogens (tertiary/aromatic N) is 1. The van der Waals surface area contributed by atoms with Crippen molar-refractivity contribution < 1.29 is 9.59 Å². The Morgan fingerprint density at radius 3 is 2.59 bits per heavy atom. The molecule has 0 spiro atoms. The van der Waals surface area contributed by atoms with Crippen LogP contribution in [0.3, 0.4) is 0 Å². The highest BCUT2D eigenvalue weighted by atomic mass is 16.1. The van der Waals surface area contributed by atoms with Crippen LogP contribution in [0.15, 0.2) is 23.9 Å². The Labute approximate surface area is 164 Å². The first kappa shape index (κ1) is 19.0. The van der Waals surface area contributed by atoms with Gasteiger partial charge in [0.1, 0.15) is 0 Å². The van der Waals surface area contributed by atoms with Crippen molar-refractivity contribution >= 4 is 11.6 Å². The molecule has 3 saturated carbocycles. The highest BCUT2D eigenvalue weighted by molar-refractivity contribution is 5.92. The summed E-state index contributed by atoms with van der Waals surface area (Å²) >= 11 is 0. The van der Waals surface area contributed by atoms with Crippen LogP contribution in [0.4, 0.5) is 0 Å². The van der Waals surface area contributed by atoms with E-state index in [4.69, 9.17) is 0 Å². The van der Waals surface area contributed by atoms with Gasteiger partial charge in [-0.05, 0) is 85.7 Å². The van der Waals surface area contributed by atoms with Crippen molar-refractivity contribution in [1.29, 1.82) is 0 Å². The van der Waals surface area contributed by atoms with Gasteiger partial charge in [0, 0.05) is 32.6 Å². The average Bonchev–Trinajstić information content (AvgIpc) is 2.97. The van der Waals surface area contributed by atoms with E-state index in [1.165, 1.54) is 31.3 Å². The highest BCUT2D eigenvalue weighted by Crippen LogP contribution is 2.66. The van der Waals surface area contributed by atoms with Gasteiger partial charge in [0.15, 0.2) is 11.6 Å². The van der Waals surface area contributed by atoms with Gasteiger partial charge in [-0.1, -0.05) is 19.4 Å². The molecule has 27 heavy (non-hydrogen) atoms. The van der Waals surface area contributed by atoms with E-state index < -0.39 is 0 Å². The zero-order valence-electron chi connectivity index (χ0n) is 17.5. The number of ketones is 2. The molecule has 4 aliphatic rings. The van der Waals surface area contributed by atoms with E-state index in [0.29, 0.717) is 23.4 Å². The van der Waals surface area contributed by atoms with Crippen molar-refractivity contribution in [2.75, 3.05) is 14.1 Å². The number of rotatable bonds is 3. The Morgan fingerprint density at radius 2 is 1.85 bits per heavy atom. The number of carbonyl (C=O) groups is 2. The predicted octanol–water partition coefficient (Wildman–Crippen LogP) is 4.78. The van der Waals surface area contributed by atoms with E-state index in [9.17, 15) is 9.59 Å². The Hall–Kier alpha value is -1.38. The van der Waals surface area contributed by atoms with Crippen LogP contribution in [0, 0.1) is 34.5 Å². The van der Waals surface area contributed by atoms with Crippen molar-refractivity contribution in [2.24, 2.45) is 34.5 Å². The summed E-state index contributed by atoms with van der Waals surface area (Å²) in [6, 6.07) is 0. The van der Waals surface area contributed by atoms with Crippen molar-refractivity contribution in [3.05, 3.63) is 23.9 Å². The molecule has 3 nitrogen and oxygen atoms in total. The molecule has 0 aromatic rings. The fourth-order valence-electron chi connectivity index (χ4n) is 7.37. The molecule has 0 bridgehead atoms. The van der Waals surface area contributed by atoms with Crippen LogP contribution in [0.1, 0.15) is 65.2 Å². The number of allylic oxidation sites excluding steroid dienone is 2. The fraction of sp³-hybridized carbons (Fsp3) is 0.750. The van der Waals surface area contributed by atoms with Gasteiger partial charge >= 0.3 is 0 Å². The molecule has 4 aliphatic carbocycles. The van der Waals surface area contributed by atoms with Crippen molar-refractivity contribution in [2.45, 2.75) is 65.2 Å². The third-order valence-electron chi connectivity index (χ3n) is 8.84. The molecule has 6 atom stereocenters. The zero-order chi connectivity index (χ0) is 19.4. The van der Waals surface area contributed by atoms with Gasteiger partial charge in [0.2, 0.25) is 0 Å². The van der Waals surface area contributed by atoms with Crippen LogP contribution in [-0.2, 0) is 9.59 Å². The standard InChI is InChI=1S/C24H35NO2/c1-23-12-9-17(26)15-16(23)5-6-18-19-7-8-21(22(27)11-14-25(3)4)24(19,2)13-10-20(18)23/h11,14-15,18-21H,5-10,12-13H2,1-4H3/b14-11+/t18-,19-,20-,21+,23-,24-/m0/s1. The lowest BCUT2D eigenvalue weighted by atomic mass is 9.46. The maximum absolute atomic E-state index is 12.9. The summed E-state index contributed by atoms with van der Waals surface area (Å²) in [6.07, 6.45) is 14.4. The summed E-state index contributed by atoms with van der Waals surface area (Å²) in [6.45, 7) is 4.84. The summed E-state index contributed by atoms with van der Waals surface area (Å²) in [7, 11) is 3.94. The third-order valence-corrected chi connectivity index (χ3v) is 8.84. The molecule has 0 saturated heterocycles. The van der Waals surface area contributed by atoms with Crippen molar-refractivity contribution in [3.8, 4) is 0 Å². The number of carbonyl (C=O) groups excluding carboxylic acids is 2. The van der Waals surface area contributed by atoms with Crippen LogP contribution in [0.25, 0.3) is 0 Å². The van der Waals surface area contributed by atoms with E-state index in [0.717, 1.165) is 31.6 Å². The number of fused-ring (bicyclic) bond motifs is 5. The summed E-state index contributed by atoms with van der Waals surface area (Å²) < 4.78 is 0. The molecule has 4 rings (SSSR count). The Kier molecular flexibility index (Phi) is 4.63. The second-order valence-electron chi connectivity index (χ2n) is 10.3. The first-order chi connectivity index (χ1) is 12.8. The first-order valence-corrected chi connectivity index (χ1v) is 10.9. The molecule has 3 fully saturated rings. The minimum atomic E-state index is 0.164. The largest absolute Gasteiger partial charge is 0.383 e. The fourth-order valence-corrected chi connectivity index (χ4v) is 7.37.